The van der Waals surface area contributed by atoms with Gasteiger partial charge < -0.3 is 31.1 Å². The lowest BCUT2D eigenvalue weighted by Crippen LogP contribution is -2.47. The van der Waals surface area contributed by atoms with Crippen LogP contribution in [0.1, 0.15) is 62.1 Å². The number of halogens is 2. The summed E-state index contributed by atoms with van der Waals surface area (Å²) in [5, 5.41) is 16.2. The molecule has 2 unspecified atom stereocenters. The van der Waals surface area contributed by atoms with Gasteiger partial charge in [-0.15, -0.1) is 0 Å². The van der Waals surface area contributed by atoms with E-state index in [0.717, 1.165) is 17.3 Å². The molecule has 74 heavy (non-hydrogen) atoms. The van der Waals surface area contributed by atoms with Crippen LogP contribution in [0.4, 0.5) is 32.3 Å². The summed E-state index contributed by atoms with van der Waals surface area (Å²) in [5.74, 6) is -3.09. The number of anilines is 4. The zero-order valence-corrected chi connectivity index (χ0v) is 39.2. The second-order valence-corrected chi connectivity index (χ2v) is 17.1. The van der Waals surface area contributed by atoms with Crippen LogP contribution in [-0.4, -0.2) is 121 Å². The lowest BCUT2D eigenvalue weighted by atomic mass is 9.87. The topological polar surface area (TPSA) is 213 Å². The summed E-state index contributed by atoms with van der Waals surface area (Å²) in [4.78, 5) is 25.7. The van der Waals surface area contributed by atoms with E-state index in [1.165, 1.54) is 107 Å². The fraction of sp³-hybridized carbons (Fsp3) is 0.269. The number of hydrogen-bond donors (Lipinski definition) is 2. The van der Waals surface area contributed by atoms with Crippen LogP contribution in [0.3, 0.4) is 0 Å². The third-order valence-corrected chi connectivity index (χ3v) is 12.0. The predicted molar refractivity (Wildman–Crippen MR) is 277 cm³/mol. The van der Waals surface area contributed by atoms with E-state index in [9.17, 15) is 8.78 Å². The first kappa shape index (κ1) is 30.3. The molecule has 0 amide bonds. The Bertz CT molecular complexity index is 4390. The van der Waals surface area contributed by atoms with Gasteiger partial charge in [0.25, 0.3) is 0 Å². The molecule has 0 radical (unpaired) electrons. The first-order valence-corrected chi connectivity index (χ1v) is 22.2. The Balaban J connectivity index is 0.000000191. The van der Waals surface area contributed by atoms with Gasteiger partial charge in [-0.1, -0.05) is 24.3 Å². The summed E-state index contributed by atoms with van der Waals surface area (Å²) < 4.78 is 197. The highest BCUT2D eigenvalue weighted by Crippen LogP contribution is 2.32. The number of rotatable bonds is 10. The maximum Gasteiger partial charge on any atom is 0.225 e. The number of piperazine rings is 2. The second-order valence-electron chi connectivity index (χ2n) is 17.1. The van der Waals surface area contributed by atoms with Gasteiger partial charge in [0.05, 0.1) is 45.4 Å². The second kappa shape index (κ2) is 19.3. The SMILES string of the molecule is [2H]C([2H])([2H])n1cc(-c2cc3c(N4C([2H])([2H])C([2H])([2H])N(c5ncc(C(C)(N)c6ccc(F)cc6)cn5)C([2H])([2H])C4([2H])[2H])ncnn3c2)cn1.[2H]C1([2H])N(c2ncc(C(C)(N)c3ccc(F)cc3)cn2)C([2H])([2H])C([2H])([2H])N(c2ncnn3cc(-c4cnn(C)c4)cc23)C1([2H])[2H]. The predicted octanol–water partition coefficient (Wildman–Crippen LogP) is 5.22. The summed E-state index contributed by atoms with van der Waals surface area (Å²) in [6.45, 7) is -25.8. The molecule has 10 aromatic rings. The highest BCUT2D eigenvalue weighted by molar-refractivity contribution is 5.78. The number of nitrogens with two attached hydrogens (primary N) is 2. The fourth-order valence-corrected chi connectivity index (χ4v) is 7.80. The van der Waals surface area contributed by atoms with Gasteiger partial charge in [0.1, 0.15) is 35.3 Å². The minimum absolute atomic E-state index is 0.0365. The molecule has 2 atom stereocenters. The van der Waals surface area contributed by atoms with Gasteiger partial charge in [-0.25, -0.2) is 47.7 Å². The van der Waals surface area contributed by atoms with Gasteiger partial charge in [-0.05, 0) is 61.4 Å². The molecule has 2 saturated heterocycles. The first-order valence-electron chi connectivity index (χ1n) is 31.7. The van der Waals surface area contributed by atoms with Crippen LogP contribution in [0.15, 0.2) is 135 Å². The van der Waals surface area contributed by atoms with Crippen molar-refractivity contribution >= 4 is 34.6 Å². The maximum absolute atomic E-state index is 13.5. The summed E-state index contributed by atoms with van der Waals surface area (Å²) in [6, 6.07) is 13.8. The smallest absolute Gasteiger partial charge is 0.225 e. The Kier molecular flexibility index (Phi) is 7.93. The Hall–Kier alpha value is -8.76. The maximum atomic E-state index is 13.5. The van der Waals surface area contributed by atoms with Crippen molar-refractivity contribution in [1.82, 2.24) is 68.7 Å². The summed E-state index contributed by atoms with van der Waals surface area (Å²) in [6.07, 6.45) is 15.7. The van der Waals surface area contributed by atoms with Crippen molar-refractivity contribution in [1.29, 1.82) is 0 Å². The minimum atomic E-state index is -3.34. The lowest BCUT2D eigenvalue weighted by molar-refractivity contribution is 0.585. The van der Waals surface area contributed by atoms with Gasteiger partial charge in [0.15, 0.2) is 11.6 Å². The van der Waals surface area contributed by atoms with E-state index in [1.807, 2.05) is 0 Å². The molecular weight excluding hydrogens is 943 g/mol. The molecule has 2 aliphatic rings. The van der Waals surface area contributed by atoms with Gasteiger partial charge in [0.2, 0.25) is 11.9 Å². The van der Waals surface area contributed by atoms with Crippen molar-refractivity contribution in [3.8, 4) is 22.3 Å². The minimum Gasteiger partial charge on any atom is -0.351 e. The Morgan fingerprint density at radius 3 is 1.23 bits per heavy atom. The van der Waals surface area contributed by atoms with Crippen LogP contribution in [0.2, 0.25) is 0 Å². The molecular formula is C52H54F2N20. The van der Waals surface area contributed by atoms with Crippen LogP contribution in [0, 0.1) is 11.6 Å². The molecule has 2 aliphatic heterocycles. The van der Waals surface area contributed by atoms with Crippen molar-refractivity contribution in [2.24, 2.45) is 25.5 Å². The first-order chi connectivity index (χ1) is 43.0. The van der Waals surface area contributed by atoms with Crippen molar-refractivity contribution in [3.05, 3.63) is 169 Å². The number of benzene rings is 2. The quantitative estimate of drug-likeness (QED) is 0.180. The van der Waals surface area contributed by atoms with Crippen LogP contribution >= 0.6 is 0 Å². The number of aryl methyl sites for hydroxylation is 2. The standard InChI is InChI=1S/2C26H27FN10/c2*1-26(28,20-3-5-22(27)6-4-20)21-13-29-25(30-14-21)36-9-7-35(8-10-36)24-23-11-18(16-37(23)33-17-31-24)19-12-32-34(2)15-19/h2*3-6,11-17H,7-10,28H2,1-2H3/i2D3,7D2,8D2,9D2,10D2;7D2,8D2,9D2,10D2. The third-order valence-electron chi connectivity index (χ3n) is 12.0. The van der Waals surface area contributed by atoms with Gasteiger partial charge >= 0.3 is 0 Å². The van der Waals surface area contributed by atoms with E-state index in [1.54, 1.807) is 50.2 Å². The van der Waals surface area contributed by atoms with E-state index in [0.29, 0.717) is 43.8 Å². The third kappa shape index (κ3) is 9.42. The van der Waals surface area contributed by atoms with Crippen molar-refractivity contribution in [3.63, 3.8) is 0 Å². The monoisotopic (exact) mass is 1020 g/mol. The van der Waals surface area contributed by atoms with Crippen molar-refractivity contribution in [2.45, 2.75) is 24.9 Å². The largest absolute Gasteiger partial charge is 0.351 e. The highest BCUT2D eigenvalue weighted by Gasteiger charge is 2.29. The Morgan fingerprint density at radius 1 is 0.473 bits per heavy atom. The number of fused-ring (bicyclic) bond motifs is 2. The molecule has 4 N–H and O–H groups in total. The van der Waals surface area contributed by atoms with E-state index in [2.05, 4.69) is 50.3 Å². The highest BCUT2D eigenvalue weighted by atomic mass is 19.1. The zero-order chi connectivity index (χ0) is 68.0. The summed E-state index contributed by atoms with van der Waals surface area (Å²) >= 11 is 0. The van der Waals surface area contributed by atoms with Crippen LogP contribution in [0.25, 0.3) is 33.3 Å². The molecule has 0 bridgehead atoms. The average Bonchev–Trinajstić information content (AvgIpc) is 0.869. The zero-order valence-electron chi connectivity index (χ0n) is 58.2. The van der Waals surface area contributed by atoms with Crippen LogP contribution in [-0.2, 0) is 25.1 Å². The fourth-order valence-electron chi connectivity index (χ4n) is 7.80. The normalized spacial score (nSPS) is 25.2. The average molecular weight is 1020 g/mol. The van der Waals surface area contributed by atoms with Gasteiger partial charge in [-0.2, -0.15) is 20.4 Å². The number of aromatic nitrogens is 14. The Labute approximate surface area is 451 Å². The molecule has 0 saturated carbocycles. The van der Waals surface area contributed by atoms with Gasteiger partial charge in [-0.3, -0.25) is 9.36 Å². The molecule has 8 aromatic heterocycles. The van der Waals surface area contributed by atoms with Crippen molar-refractivity contribution in [2.75, 3.05) is 71.6 Å². The van der Waals surface area contributed by atoms with Crippen LogP contribution < -0.4 is 31.1 Å². The van der Waals surface area contributed by atoms with Crippen LogP contribution in [0.5, 0.6) is 0 Å². The molecule has 2 fully saturated rings. The Morgan fingerprint density at radius 2 is 0.851 bits per heavy atom. The van der Waals surface area contributed by atoms with Crippen molar-refractivity contribution < 1.29 is 34.8 Å². The molecule has 22 heteroatoms. The van der Waals surface area contributed by atoms with Gasteiger partial charge in [0, 0.05) is 153 Å². The van der Waals surface area contributed by atoms with E-state index in [-0.39, 0.29) is 37.1 Å². The van der Waals surface area contributed by atoms with E-state index in [4.69, 9.17) is 37.5 Å². The molecule has 0 spiro atoms. The molecule has 0 aliphatic carbocycles. The summed E-state index contributed by atoms with van der Waals surface area (Å²) in [7, 11) is 1.73. The number of nitrogens with zero attached hydrogens (tertiary/aromatic N) is 18. The van der Waals surface area contributed by atoms with E-state index < -0.39 is 99.4 Å². The lowest BCUT2D eigenvalue weighted by Gasteiger charge is -2.35. The summed E-state index contributed by atoms with van der Waals surface area (Å²) in [5.41, 5.74) is 14.1. The molecule has 2 aromatic carbocycles. The van der Waals surface area contributed by atoms with E-state index >= 15 is 0 Å². The molecule has 20 nitrogen and oxygen atoms in total. The molecule has 376 valence electrons. The number of hydrogen-bond acceptors (Lipinski definition) is 16. The molecule has 12 rings (SSSR count). The molecule has 10 heterocycles.